The highest BCUT2D eigenvalue weighted by Crippen LogP contribution is 2.17. The van der Waals surface area contributed by atoms with E-state index in [1.807, 2.05) is 27.7 Å². The molecule has 0 aliphatic carbocycles. The van der Waals surface area contributed by atoms with Crippen LogP contribution in [0.5, 0.6) is 0 Å². The summed E-state index contributed by atoms with van der Waals surface area (Å²) in [5.74, 6) is 1.75. The molecule has 0 saturated carbocycles. The number of hydrogen-bond donors (Lipinski definition) is 2. The van der Waals surface area contributed by atoms with Gasteiger partial charge in [-0.3, -0.25) is 0 Å². The lowest BCUT2D eigenvalue weighted by Crippen LogP contribution is -2.21. The van der Waals surface area contributed by atoms with Gasteiger partial charge in [0.1, 0.15) is 18.0 Å². The Kier molecular flexibility index (Phi) is 5.69. The van der Waals surface area contributed by atoms with Crippen LogP contribution >= 0.6 is 0 Å². The predicted molar refractivity (Wildman–Crippen MR) is 70.5 cm³/mol. The van der Waals surface area contributed by atoms with Crippen molar-refractivity contribution in [3.63, 3.8) is 0 Å². The highest BCUT2D eigenvalue weighted by atomic mass is 16.5. The summed E-state index contributed by atoms with van der Waals surface area (Å²) in [6, 6.07) is 0. The van der Waals surface area contributed by atoms with Crippen molar-refractivity contribution in [1.29, 1.82) is 0 Å². The normalized spacial score (nSPS) is 12.2. The summed E-state index contributed by atoms with van der Waals surface area (Å²) in [6.07, 6.45) is 1.75. The fraction of sp³-hybridized carbons (Fsp3) is 0.667. The SMILES string of the molecule is CCNc1ncnc(NCC(C)OCC)c1C. The van der Waals surface area contributed by atoms with Gasteiger partial charge >= 0.3 is 0 Å². The van der Waals surface area contributed by atoms with Gasteiger partial charge in [-0.25, -0.2) is 9.97 Å². The first kappa shape index (κ1) is 13.7. The molecule has 0 amide bonds. The van der Waals surface area contributed by atoms with E-state index in [1.165, 1.54) is 0 Å². The lowest BCUT2D eigenvalue weighted by molar-refractivity contribution is 0.0855. The van der Waals surface area contributed by atoms with Gasteiger partial charge in [0.15, 0.2) is 0 Å². The van der Waals surface area contributed by atoms with Crippen LogP contribution < -0.4 is 10.6 Å². The van der Waals surface area contributed by atoms with Crippen LogP contribution in [-0.4, -0.2) is 35.8 Å². The minimum Gasteiger partial charge on any atom is -0.377 e. The lowest BCUT2D eigenvalue weighted by atomic mass is 10.3. The predicted octanol–water partition coefficient (Wildman–Crippen LogP) is 2.05. The molecule has 5 nitrogen and oxygen atoms in total. The van der Waals surface area contributed by atoms with E-state index in [9.17, 15) is 0 Å². The maximum atomic E-state index is 5.46. The summed E-state index contributed by atoms with van der Waals surface area (Å²) in [6.45, 7) is 10.4. The summed E-state index contributed by atoms with van der Waals surface area (Å²) >= 11 is 0. The minimum atomic E-state index is 0.178. The highest BCUT2D eigenvalue weighted by Gasteiger charge is 2.07. The van der Waals surface area contributed by atoms with Crippen molar-refractivity contribution in [3.05, 3.63) is 11.9 Å². The second-order valence-electron chi connectivity index (χ2n) is 3.87. The minimum absolute atomic E-state index is 0.178. The summed E-state index contributed by atoms with van der Waals surface area (Å²) in [5, 5.41) is 6.49. The molecule has 1 heterocycles. The molecule has 0 aliphatic heterocycles. The second kappa shape index (κ2) is 7.06. The van der Waals surface area contributed by atoms with Crippen molar-refractivity contribution < 1.29 is 4.74 Å². The largest absolute Gasteiger partial charge is 0.377 e. The zero-order valence-electron chi connectivity index (χ0n) is 11.1. The molecule has 0 spiro atoms. The average Bonchev–Trinajstić information content (AvgIpc) is 2.31. The van der Waals surface area contributed by atoms with Gasteiger partial charge in [-0.1, -0.05) is 0 Å². The van der Waals surface area contributed by atoms with Gasteiger partial charge in [-0.2, -0.15) is 0 Å². The topological polar surface area (TPSA) is 59.1 Å². The van der Waals surface area contributed by atoms with E-state index >= 15 is 0 Å². The molecule has 0 aliphatic rings. The Hall–Kier alpha value is -1.36. The lowest BCUT2D eigenvalue weighted by Gasteiger charge is -2.15. The number of nitrogens with one attached hydrogen (secondary N) is 2. The molecule has 0 saturated heterocycles. The second-order valence-corrected chi connectivity index (χ2v) is 3.87. The zero-order valence-corrected chi connectivity index (χ0v) is 11.1. The Morgan fingerprint density at radius 1 is 1.24 bits per heavy atom. The van der Waals surface area contributed by atoms with Crippen LogP contribution in [0.25, 0.3) is 0 Å². The van der Waals surface area contributed by atoms with Crippen LogP contribution in [0.4, 0.5) is 11.6 Å². The summed E-state index contributed by atoms with van der Waals surface area (Å²) in [4.78, 5) is 8.43. The fourth-order valence-electron chi connectivity index (χ4n) is 1.56. The van der Waals surface area contributed by atoms with E-state index in [1.54, 1.807) is 6.33 Å². The Bertz CT molecular complexity index is 343. The summed E-state index contributed by atoms with van der Waals surface area (Å²) < 4.78 is 5.46. The van der Waals surface area contributed by atoms with Crippen molar-refractivity contribution in [3.8, 4) is 0 Å². The number of nitrogens with zero attached hydrogens (tertiary/aromatic N) is 2. The molecule has 1 aromatic heterocycles. The monoisotopic (exact) mass is 238 g/mol. The van der Waals surface area contributed by atoms with Crippen molar-refractivity contribution in [2.45, 2.75) is 33.8 Å². The van der Waals surface area contributed by atoms with Crippen LogP contribution in [0.1, 0.15) is 26.3 Å². The number of ether oxygens (including phenoxy) is 1. The molecule has 17 heavy (non-hydrogen) atoms. The van der Waals surface area contributed by atoms with Crippen LogP contribution in [0.2, 0.25) is 0 Å². The Labute approximate surface area is 103 Å². The Morgan fingerprint density at radius 3 is 2.47 bits per heavy atom. The van der Waals surface area contributed by atoms with Crippen LogP contribution in [0.3, 0.4) is 0 Å². The third-order valence-electron chi connectivity index (χ3n) is 2.44. The molecule has 0 fully saturated rings. The molecular formula is C12H22N4O. The first-order chi connectivity index (χ1) is 8.19. The molecule has 0 aromatic carbocycles. The van der Waals surface area contributed by atoms with Crippen LogP contribution in [0.15, 0.2) is 6.33 Å². The molecule has 1 unspecified atom stereocenters. The van der Waals surface area contributed by atoms with Gasteiger partial charge in [0.25, 0.3) is 0 Å². The average molecular weight is 238 g/mol. The van der Waals surface area contributed by atoms with E-state index < -0.39 is 0 Å². The summed E-state index contributed by atoms with van der Waals surface area (Å²) in [7, 11) is 0. The first-order valence-corrected chi connectivity index (χ1v) is 6.09. The molecule has 1 aromatic rings. The zero-order chi connectivity index (χ0) is 12.7. The van der Waals surface area contributed by atoms with Gasteiger partial charge in [-0.05, 0) is 27.7 Å². The third-order valence-corrected chi connectivity index (χ3v) is 2.44. The van der Waals surface area contributed by atoms with Crippen molar-refractivity contribution >= 4 is 11.6 Å². The van der Waals surface area contributed by atoms with Gasteiger partial charge in [0.2, 0.25) is 0 Å². The maximum absolute atomic E-state index is 5.46. The van der Waals surface area contributed by atoms with E-state index in [4.69, 9.17) is 4.74 Å². The third kappa shape index (κ3) is 4.19. The van der Waals surface area contributed by atoms with Crippen LogP contribution in [-0.2, 0) is 4.74 Å². The van der Waals surface area contributed by atoms with Gasteiger partial charge in [-0.15, -0.1) is 0 Å². The summed E-state index contributed by atoms with van der Waals surface area (Å²) in [5.41, 5.74) is 1.04. The number of aromatic nitrogens is 2. The molecule has 1 rings (SSSR count). The Morgan fingerprint density at radius 2 is 1.88 bits per heavy atom. The first-order valence-electron chi connectivity index (χ1n) is 6.09. The molecular weight excluding hydrogens is 216 g/mol. The maximum Gasteiger partial charge on any atom is 0.134 e. The highest BCUT2D eigenvalue weighted by molar-refractivity contribution is 5.56. The molecule has 96 valence electrons. The van der Waals surface area contributed by atoms with Gasteiger partial charge < -0.3 is 15.4 Å². The molecule has 0 bridgehead atoms. The smallest absolute Gasteiger partial charge is 0.134 e. The van der Waals surface area contributed by atoms with Gasteiger partial charge in [0.05, 0.1) is 6.10 Å². The van der Waals surface area contributed by atoms with E-state index in [0.717, 1.165) is 36.9 Å². The standard InChI is InChI=1S/C12H22N4O/c1-5-13-11-10(4)12(16-8-15-11)14-7-9(3)17-6-2/h8-9H,5-7H2,1-4H3,(H2,13,14,15,16). The molecule has 2 N–H and O–H groups in total. The number of anilines is 2. The number of hydrogen-bond acceptors (Lipinski definition) is 5. The van der Waals surface area contributed by atoms with Crippen molar-refractivity contribution in [1.82, 2.24) is 9.97 Å². The molecule has 1 atom stereocenters. The van der Waals surface area contributed by atoms with Crippen LogP contribution in [0, 0.1) is 6.92 Å². The van der Waals surface area contributed by atoms with Crippen molar-refractivity contribution in [2.75, 3.05) is 30.3 Å². The van der Waals surface area contributed by atoms with E-state index in [0.29, 0.717) is 0 Å². The van der Waals surface area contributed by atoms with Crippen molar-refractivity contribution in [2.24, 2.45) is 0 Å². The van der Waals surface area contributed by atoms with E-state index in [2.05, 4.69) is 20.6 Å². The van der Waals surface area contributed by atoms with Gasteiger partial charge in [0, 0.05) is 25.3 Å². The Balaban J connectivity index is 2.61. The fourth-order valence-corrected chi connectivity index (χ4v) is 1.56. The molecule has 0 radical (unpaired) electrons. The quantitative estimate of drug-likeness (QED) is 0.761. The van der Waals surface area contributed by atoms with E-state index in [-0.39, 0.29) is 6.10 Å². The number of rotatable bonds is 7. The molecule has 5 heteroatoms.